The molecule has 0 aromatic heterocycles. The van der Waals surface area contributed by atoms with Crippen molar-refractivity contribution in [2.45, 2.75) is 17.7 Å². The van der Waals surface area contributed by atoms with Crippen molar-refractivity contribution in [3.63, 3.8) is 0 Å². The molecule has 2 atom stereocenters. The summed E-state index contributed by atoms with van der Waals surface area (Å²) in [5.41, 5.74) is 2.55. The predicted octanol–water partition coefficient (Wildman–Crippen LogP) is 3.39. The zero-order valence-electron chi connectivity index (χ0n) is 11.6. The summed E-state index contributed by atoms with van der Waals surface area (Å²) in [5.74, 6) is -0.0969. The molecule has 0 spiro atoms. The van der Waals surface area contributed by atoms with E-state index in [2.05, 4.69) is 0 Å². The second kappa shape index (κ2) is 6.60. The van der Waals surface area contributed by atoms with Gasteiger partial charge in [0, 0.05) is 5.75 Å². The van der Waals surface area contributed by atoms with Crippen molar-refractivity contribution >= 4 is 21.4 Å². The summed E-state index contributed by atoms with van der Waals surface area (Å²) in [5, 5.41) is 10.1. The van der Waals surface area contributed by atoms with E-state index in [9.17, 15) is 13.5 Å². The van der Waals surface area contributed by atoms with Gasteiger partial charge in [-0.2, -0.15) is 0 Å². The van der Waals surface area contributed by atoms with Gasteiger partial charge < -0.3 is 5.11 Å². The van der Waals surface area contributed by atoms with Crippen LogP contribution in [0.15, 0.2) is 54.6 Å². The summed E-state index contributed by atoms with van der Waals surface area (Å²) in [4.78, 5) is 0. The van der Waals surface area contributed by atoms with Crippen molar-refractivity contribution in [3.05, 3.63) is 60.2 Å². The molecule has 2 aromatic rings. The Hall–Kier alpha value is -1.36. The number of halogens is 1. The third-order valence-corrected chi connectivity index (χ3v) is 6.15. The van der Waals surface area contributed by atoms with E-state index in [1.165, 1.54) is 6.92 Å². The summed E-state index contributed by atoms with van der Waals surface area (Å²) < 4.78 is 22.1. The second-order valence-electron chi connectivity index (χ2n) is 4.74. The average Bonchev–Trinajstić information content (AvgIpc) is 2.54. The van der Waals surface area contributed by atoms with Gasteiger partial charge in [0.15, 0.2) is 14.5 Å². The summed E-state index contributed by atoms with van der Waals surface area (Å²) >= 11 is 5.88. The first-order chi connectivity index (χ1) is 9.95. The fraction of sp³-hybridized carbons (Fsp3) is 0.250. The molecule has 0 radical (unpaired) electrons. The van der Waals surface area contributed by atoms with Gasteiger partial charge in [-0.3, -0.25) is 0 Å². The SMILES string of the molecule is CCS(=O)(=O)[C@H](Cl)[C@@H](O)c1ccc(-c2ccccc2)cc1. The number of sulfone groups is 1. The highest BCUT2D eigenvalue weighted by molar-refractivity contribution is 7.93. The molecule has 0 heterocycles. The molecule has 0 amide bonds. The molecule has 1 N–H and O–H groups in total. The number of aliphatic hydroxyl groups excluding tert-OH is 1. The van der Waals surface area contributed by atoms with E-state index in [-0.39, 0.29) is 5.75 Å². The maximum absolute atomic E-state index is 11.7. The number of hydrogen-bond acceptors (Lipinski definition) is 3. The van der Waals surface area contributed by atoms with Crippen LogP contribution in [-0.4, -0.2) is 24.0 Å². The van der Waals surface area contributed by atoms with Crippen molar-refractivity contribution in [3.8, 4) is 11.1 Å². The van der Waals surface area contributed by atoms with Crippen molar-refractivity contribution in [1.29, 1.82) is 0 Å². The maximum Gasteiger partial charge on any atom is 0.169 e. The first-order valence-corrected chi connectivity index (χ1v) is 8.80. The molecule has 0 aliphatic heterocycles. The number of rotatable bonds is 5. The number of aliphatic hydroxyl groups is 1. The van der Waals surface area contributed by atoms with E-state index < -0.39 is 20.7 Å². The molecule has 0 aliphatic carbocycles. The lowest BCUT2D eigenvalue weighted by atomic mass is 10.0. The van der Waals surface area contributed by atoms with Gasteiger partial charge in [0.2, 0.25) is 0 Å². The average molecular weight is 325 g/mol. The molecule has 0 saturated carbocycles. The van der Waals surface area contributed by atoms with Crippen LogP contribution in [0, 0.1) is 0 Å². The zero-order valence-corrected chi connectivity index (χ0v) is 13.2. The Labute approximate surface area is 130 Å². The van der Waals surface area contributed by atoms with E-state index >= 15 is 0 Å². The van der Waals surface area contributed by atoms with Crippen LogP contribution in [0.3, 0.4) is 0 Å². The third-order valence-electron chi connectivity index (χ3n) is 3.35. The summed E-state index contributed by atoms with van der Waals surface area (Å²) in [6.07, 6.45) is -1.23. The normalized spacial score (nSPS) is 14.6. The fourth-order valence-electron chi connectivity index (χ4n) is 2.01. The van der Waals surface area contributed by atoms with Crippen molar-refractivity contribution in [2.75, 3.05) is 5.75 Å². The van der Waals surface area contributed by atoms with Gasteiger partial charge in [-0.25, -0.2) is 8.42 Å². The highest BCUT2D eigenvalue weighted by Crippen LogP contribution is 2.28. The Morgan fingerprint density at radius 1 is 1.00 bits per heavy atom. The van der Waals surface area contributed by atoms with Crippen LogP contribution in [0.4, 0.5) is 0 Å². The van der Waals surface area contributed by atoms with Crippen LogP contribution in [-0.2, 0) is 9.84 Å². The zero-order chi connectivity index (χ0) is 15.5. The largest absolute Gasteiger partial charge is 0.386 e. The van der Waals surface area contributed by atoms with Crippen LogP contribution < -0.4 is 0 Å². The Kier molecular flexibility index (Phi) is 5.04. The Bertz CT molecular complexity index is 681. The maximum atomic E-state index is 11.7. The highest BCUT2D eigenvalue weighted by atomic mass is 35.5. The lowest BCUT2D eigenvalue weighted by Gasteiger charge is -2.17. The number of alkyl halides is 1. The van der Waals surface area contributed by atoms with E-state index in [0.29, 0.717) is 5.56 Å². The van der Waals surface area contributed by atoms with E-state index in [1.807, 2.05) is 42.5 Å². The molecule has 0 fully saturated rings. The molecule has 0 unspecified atom stereocenters. The van der Waals surface area contributed by atoms with Crippen molar-refractivity contribution in [2.24, 2.45) is 0 Å². The molecule has 3 nitrogen and oxygen atoms in total. The Balaban J connectivity index is 2.23. The molecule has 0 saturated heterocycles. The van der Waals surface area contributed by atoms with Gasteiger partial charge in [0.05, 0.1) is 0 Å². The van der Waals surface area contributed by atoms with Gasteiger partial charge in [0.25, 0.3) is 0 Å². The molecule has 2 rings (SSSR count). The molecular weight excluding hydrogens is 308 g/mol. The molecule has 21 heavy (non-hydrogen) atoms. The van der Waals surface area contributed by atoms with Crippen LogP contribution in [0.25, 0.3) is 11.1 Å². The molecule has 5 heteroatoms. The van der Waals surface area contributed by atoms with Gasteiger partial charge in [0.1, 0.15) is 6.10 Å². The minimum absolute atomic E-state index is 0.0969. The van der Waals surface area contributed by atoms with Gasteiger partial charge in [-0.15, -0.1) is 11.6 Å². The molecular formula is C16H17ClO3S. The van der Waals surface area contributed by atoms with Crippen molar-refractivity contribution < 1.29 is 13.5 Å². The van der Waals surface area contributed by atoms with Crippen molar-refractivity contribution in [1.82, 2.24) is 0 Å². The predicted molar refractivity (Wildman–Crippen MR) is 85.9 cm³/mol. The second-order valence-corrected chi connectivity index (χ2v) is 7.88. The van der Waals surface area contributed by atoms with Crippen LogP contribution >= 0.6 is 11.6 Å². The van der Waals surface area contributed by atoms with E-state index in [1.54, 1.807) is 12.1 Å². The minimum atomic E-state index is -3.49. The summed E-state index contributed by atoms with van der Waals surface area (Å²) in [6, 6.07) is 16.9. The smallest absolute Gasteiger partial charge is 0.169 e. The lowest BCUT2D eigenvalue weighted by molar-refractivity contribution is 0.191. The Morgan fingerprint density at radius 2 is 1.52 bits per heavy atom. The first-order valence-electron chi connectivity index (χ1n) is 6.65. The molecule has 2 aromatic carbocycles. The topological polar surface area (TPSA) is 54.4 Å². The Morgan fingerprint density at radius 3 is 2.05 bits per heavy atom. The number of benzene rings is 2. The summed E-state index contributed by atoms with van der Waals surface area (Å²) in [6.45, 7) is 1.51. The summed E-state index contributed by atoms with van der Waals surface area (Å²) in [7, 11) is -3.49. The first kappa shape index (κ1) is 16.0. The third kappa shape index (κ3) is 3.64. The number of hydrogen-bond donors (Lipinski definition) is 1. The van der Waals surface area contributed by atoms with Gasteiger partial charge in [-0.05, 0) is 16.7 Å². The molecule has 112 valence electrons. The standard InChI is InChI=1S/C16H17ClO3S/c1-2-21(19,20)16(17)15(18)14-10-8-13(9-11-14)12-6-4-3-5-7-12/h3-11,15-16,18H,2H2,1H3/t15-,16-/m0/s1. The van der Waals surface area contributed by atoms with Crippen LogP contribution in [0.2, 0.25) is 0 Å². The lowest BCUT2D eigenvalue weighted by Crippen LogP contribution is -2.24. The fourth-order valence-corrected chi connectivity index (χ4v) is 3.40. The van der Waals surface area contributed by atoms with E-state index in [4.69, 9.17) is 11.6 Å². The van der Waals surface area contributed by atoms with Gasteiger partial charge in [-0.1, -0.05) is 61.5 Å². The van der Waals surface area contributed by atoms with Crippen LogP contribution in [0.1, 0.15) is 18.6 Å². The van der Waals surface area contributed by atoms with E-state index in [0.717, 1.165) is 11.1 Å². The molecule has 0 aliphatic rings. The minimum Gasteiger partial charge on any atom is -0.386 e. The molecule has 0 bridgehead atoms. The van der Waals surface area contributed by atoms with Crippen LogP contribution in [0.5, 0.6) is 0 Å². The monoisotopic (exact) mass is 324 g/mol. The van der Waals surface area contributed by atoms with Gasteiger partial charge >= 0.3 is 0 Å². The highest BCUT2D eigenvalue weighted by Gasteiger charge is 2.29. The quantitative estimate of drug-likeness (QED) is 0.858.